The second-order valence-corrected chi connectivity index (χ2v) is 10.4. The van der Waals surface area contributed by atoms with Crippen LogP contribution in [-0.4, -0.2) is 53.8 Å². The maximum atomic E-state index is 12.7. The van der Waals surface area contributed by atoms with Gasteiger partial charge in [-0.3, -0.25) is 9.59 Å². The van der Waals surface area contributed by atoms with Crippen LogP contribution in [0.4, 0.5) is 5.69 Å². The zero-order valence-electron chi connectivity index (χ0n) is 20.1. The molecule has 0 unspecified atom stereocenters. The average Bonchev–Trinajstić information content (AvgIpc) is 3.34. The van der Waals surface area contributed by atoms with E-state index in [1.807, 2.05) is 6.07 Å². The second-order valence-electron chi connectivity index (χ2n) is 10.4. The lowest BCUT2D eigenvalue weighted by Crippen LogP contribution is -2.49. The van der Waals surface area contributed by atoms with Gasteiger partial charge in [-0.2, -0.15) is 0 Å². The molecule has 3 fully saturated rings. The van der Waals surface area contributed by atoms with E-state index >= 15 is 0 Å². The van der Waals surface area contributed by atoms with Gasteiger partial charge < -0.3 is 15.1 Å². The SMILES string of the molecule is Cc1ccc(NC(=O)C2CCN(C3CCN(C(=O)CCC4CCCC4)CC3)CC2)cc1C. The molecule has 0 bridgehead atoms. The fourth-order valence-electron chi connectivity index (χ4n) is 5.86. The molecule has 1 aromatic carbocycles. The molecule has 4 rings (SSSR count). The molecular formula is C27H41N3O2. The standard InChI is InChI=1S/C27H41N3O2/c1-20-7-9-24(19-21(20)2)28-27(32)23-11-15-29(16-12-23)25-13-17-30(18-14-25)26(31)10-8-22-5-3-4-6-22/h7,9,19,22-23,25H,3-6,8,10-18H2,1-2H3,(H,28,32). The van der Waals surface area contributed by atoms with Gasteiger partial charge in [-0.05, 0) is 88.2 Å². The molecule has 5 nitrogen and oxygen atoms in total. The first-order chi connectivity index (χ1) is 15.5. The van der Waals surface area contributed by atoms with Crippen molar-refractivity contribution in [1.29, 1.82) is 0 Å². The lowest BCUT2D eigenvalue weighted by Gasteiger charge is -2.41. The number of hydrogen-bond donors (Lipinski definition) is 1. The molecule has 2 amide bonds. The van der Waals surface area contributed by atoms with Crippen LogP contribution >= 0.6 is 0 Å². The van der Waals surface area contributed by atoms with Crippen LogP contribution in [0.25, 0.3) is 0 Å². The topological polar surface area (TPSA) is 52.7 Å². The van der Waals surface area contributed by atoms with Crippen LogP contribution in [0.1, 0.15) is 75.3 Å². The van der Waals surface area contributed by atoms with Crippen molar-refractivity contribution in [3.63, 3.8) is 0 Å². The number of anilines is 1. The summed E-state index contributed by atoms with van der Waals surface area (Å²) in [5, 5.41) is 3.12. The molecule has 2 heterocycles. The highest BCUT2D eigenvalue weighted by Crippen LogP contribution is 2.29. The Morgan fingerprint density at radius 3 is 2.25 bits per heavy atom. The van der Waals surface area contributed by atoms with Crippen LogP contribution in [-0.2, 0) is 9.59 Å². The van der Waals surface area contributed by atoms with Crippen LogP contribution in [0.2, 0.25) is 0 Å². The third kappa shape index (κ3) is 5.92. The molecular weight excluding hydrogens is 398 g/mol. The maximum absolute atomic E-state index is 12.7. The Morgan fingerprint density at radius 2 is 1.59 bits per heavy atom. The average molecular weight is 440 g/mol. The predicted molar refractivity (Wildman–Crippen MR) is 130 cm³/mol. The van der Waals surface area contributed by atoms with E-state index < -0.39 is 0 Å². The van der Waals surface area contributed by atoms with Crippen molar-refractivity contribution in [1.82, 2.24) is 9.80 Å². The molecule has 1 aliphatic carbocycles. The summed E-state index contributed by atoms with van der Waals surface area (Å²) in [6, 6.07) is 6.70. The number of benzene rings is 1. The van der Waals surface area contributed by atoms with Gasteiger partial charge in [-0.25, -0.2) is 0 Å². The van der Waals surface area contributed by atoms with Crippen molar-refractivity contribution in [2.75, 3.05) is 31.5 Å². The van der Waals surface area contributed by atoms with E-state index in [0.29, 0.717) is 11.9 Å². The molecule has 1 aromatic rings. The van der Waals surface area contributed by atoms with E-state index in [1.165, 1.54) is 36.8 Å². The first-order valence-electron chi connectivity index (χ1n) is 12.9. The van der Waals surface area contributed by atoms with Gasteiger partial charge in [0.1, 0.15) is 0 Å². The molecule has 32 heavy (non-hydrogen) atoms. The minimum atomic E-state index is 0.102. The fraction of sp³-hybridized carbons (Fsp3) is 0.704. The maximum Gasteiger partial charge on any atom is 0.227 e. The van der Waals surface area contributed by atoms with Gasteiger partial charge in [0.15, 0.2) is 0 Å². The molecule has 0 spiro atoms. The first-order valence-corrected chi connectivity index (χ1v) is 12.9. The van der Waals surface area contributed by atoms with E-state index in [-0.39, 0.29) is 11.8 Å². The Kier molecular flexibility index (Phi) is 7.88. The van der Waals surface area contributed by atoms with Gasteiger partial charge in [-0.15, -0.1) is 0 Å². The number of aryl methyl sites for hydroxylation is 2. The molecule has 5 heteroatoms. The number of rotatable bonds is 6. The zero-order chi connectivity index (χ0) is 22.5. The lowest BCUT2D eigenvalue weighted by molar-refractivity contribution is -0.133. The minimum absolute atomic E-state index is 0.102. The summed E-state index contributed by atoms with van der Waals surface area (Å²) in [6.45, 7) is 7.96. The summed E-state index contributed by atoms with van der Waals surface area (Å²) in [5.41, 5.74) is 3.37. The Bertz CT molecular complexity index is 786. The van der Waals surface area contributed by atoms with Gasteiger partial charge in [0.2, 0.25) is 11.8 Å². The van der Waals surface area contributed by atoms with E-state index in [0.717, 1.165) is 76.3 Å². The summed E-state index contributed by atoms with van der Waals surface area (Å²) < 4.78 is 0. The molecule has 0 aromatic heterocycles. The molecule has 0 radical (unpaired) electrons. The largest absolute Gasteiger partial charge is 0.343 e. The van der Waals surface area contributed by atoms with Crippen LogP contribution in [0, 0.1) is 25.7 Å². The molecule has 176 valence electrons. The smallest absolute Gasteiger partial charge is 0.227 e. The number of carbonyl (C=O) groups excluding carboxylic acids is 2. The summed E-state index contributed by atoms with van der Waals surface area (Å²) in [7, 11) is 0. The molecule has 3 aliphatic rings. The summed E-state index contributed by atoms with van der Waals surface area (Å²) >= 11 is 0. The minimum Gasteiger partial charge on any atom is -0.343 e. The quantitative estimate of drug-likeness (QED) is 0.685. The number of amides is 2. The highest BCUT2D eigenvalue weighted by molar-refractivity contribution is 5.92. The summed E-state index contributed by atoms with van der Waals surface area (Å²) in [6.07, 6.45) is 11.2. The van der Waals surface area contributed by atoms with Gasteiger partial charge >= 0.3 is 0 Å². The molecule has 1 saturated carbocycles. The van der Waals surface area contributed by atoms with E-state index in [2.05, 4.69) is 41.1 Å². The van der Waals surface area contributed by atoms with Crippen molar-refractivity contribution in [2.45, 2.75) is 84.1 Å². The fourth-order valence-corrected chi connectivity index (χ4v) is 5.86. The highest BCUT2D eigenvalue weighted by atomic mass is 16.2. The van der Waals surface area contributed by atoms with Gasteiger partial charge in [0.25, 0.3) is 0 Å². The van der Waals surface area contributed by atoms with Crippen LogP contribution < -0.4 is 5.32 Å². The van der Waals surface area contributed by atoms with Crippen LogP contribution in [0.3, 0.4) is 0 Å². The number of hydrogen-bond acceptors (Lipinski definition) is 3. The monoisotopic (exact) mass is 439 g/mol. The zero-order valence-corrected chi connectivity index (χ0v) is 20.1. The van der Waals surface area contributed by atoms with E-state index in [9.17, 15) is 9.59 Å². The Hall–Kier alpha value is -1.88. The lowest BCUT2D eigenvalue weighted by atomic mass is 9.92. The second kappa shape index (κ2) is 10.8. The Morgan fingerprint density at radius 1 is 0.906 bits per heavy atom. The van der Waals surface area contributed by atoms with Crippen molar-refractivity contribution >= 4 is 17.5 Å². The number of carbonyl (C=O) groups is 2. The Balaban J connectivity index is 1.16. The van der Waals surface area contributed by atoms with Gasteiger partial charge in [-0.1, -0.05) is 31.7 Å². The van der Waals surface area contributed by atoms with Crippen LogP contribution in [0.5, 0.6) is 0 Å². The predicted octanol–water partition coefficient (Wildman–Crippen LogP) is 4.92. The number of nitrogens with zero attached hydrogens (tertiary/aromatic N) is 2. The van der Waals surface area contributed by atoms with E-state index in [4.69, 9.17) is 0 Å². The number of piperidine rings is 2. The van der Waals surface area contributed by atoms with Gasteiger partial charge in [0, 0.05) is 37.2 Å². The normalized spacial score (nSPS) is 21.8. The Labute approximate surface area is 193 Å². The highest BCUT2D eigenvalue weighted by Gasteiger charge is 2.31. The first kappa shape index (κ1) is 23.3. The summed E-state index contributed by atoms with van der Waals surface area (Å²) in [4.78, 5) is 30.0. The molecule has 2 aliphatic heterocycles. The van der Waals surface area contributed by atoms with Crippen molar-refractivity contribution in [2.24, 2.45) is 11.8 Å². The molecule has 1 N–H and O–H groups in total. The third-order valence-corrected chi connectivity index (χ3v) is 8.25. The number of nitrogens with one attached hydrogen (secondary N) is 1. The van der Waals surface area contributed by atoms with Crippen molar-refractivity contribution in [3.05, 3.63) is 29.3 Å². The summed E-state index contributed by atoms with van der Waals surface area (Å²) in [5.74, 6) is 1.43. The van der Waals surface area contributed by atoms with Crippen molar-refractivity contribution in [3.8, 4) is 0 Å². The number of likely N-dealkylation sites (tertiary alicyclic amines) is 2. The third-order valence-electron chi connectivity index (χ3n) is 8.25. The van der Waals surface area contributed by atoms with Gasteiger partial charge in [0.05, 0.1) is 0 Å². The molecule has 0 atom stereocenters. The van der Waals surface area contributed by atoms with E-state index in [1.54, 1.807) is 0 Å². The van der Waals surface area contributed by atoms with Crippen LogP contribution in [0.15, 0.2) is 18.2 Å². The molecule has 2 saturated heterocycles. The van der Waals surface area contributed by atoms with Crippen molar-refractivity contribution < 1.29 is 9.59 Å².